The number of para-hydroxylation sites is 1. The largest absolute Gasteiger partial charge is 0.497 e. The number of anilines is 2. The molecule has 130 valence electrons. The zero-order valence-electron chi connectivity index (χ0n) is 14.5. The van der Waals surface area contributed by atoms with E-state index in [2.05, 4.69) is 10.3 Å². The second kappa shape index (κ2) is 6.76. The number of nitrogens with zero attached hydrogens (tertiary/aromatic N) is 3. The van der Waals surface area contributed by atoms with Gasteiger partial charge in [-0.25, -0.2) is 4.98 Å². The lowest BCUT2D eigenvalue weighted by atomic mass is 10.1. The van der Waals surface area contributed by atoms with Crippen LogP contribution >= 0.6 is 0 Å². The van der Waals surface area contributed by atoms with E-state index >= 15 is 0 Å². The van der Waals surface area contributed by atoms with Gasteiger partial charge in [-0.3, -0.25) is 0 Å². The molecule has 0 amide bonds. The van der Waals surface area contributed by atoms with Crippen molar-refractivity contribution in [3.8, 4) is 22.8 Å². The van der Waals surface area contributed by atoms with Crippen molar-refractivity contribution in [1.82, 2.24) is 14.6 Å². The highest BCUT2D eigenvalue weighted by Crippen LogP contribution is 2.29. The van der Waals surface area contributed by atoms with Gasteiger partial charge in [-0.05, 0) is 48.5 Å². The van der Waals surface area contributed by atoms with E-state index in [-0.39, 0.29) is 0 Å². The lowest BCUT2D eigenvalue weighted by Gasteiger charge is -2.09. The SMILES string of the molecule is COc1ccc(Nc2cnc3ccc(-c4ccccc4OC)nn23)cc1. The smallest absolute Gasteiger partial charge is 0.155 e. The zero-order valence-corrected chi connectivity index (χ0v) is 14.5. The molecule has 0 radical (unpaired) electrons. The molecule has 0 saturated carbocycles. The van der Waals surface area contributed by atoms with Gasteiger partial charge in [0.25, 0.3) is 0 Å². The molecule has 0 aliphatic carbocycles. The molecule has 1 N–H and O–H groups in total. The Morgan fingerprint density at radius 2 is 1.69 bits per heavy atom. The van der Waals surface area contributed by atoms with Crippen LogP contribution in [-0.2, 0) is 0 Å². The van der Waals surface area contributed by atoms with E-state index < -0.39 is 0 Å². The van der Waals surface area contributed by atoms with Gasteiger partial charge in [-0.15, -0.1) is 0 Å². The highest BCUT2D eigenvalue weighted by molar-refractivity contribution is 5.69. The number of fused-ring (bicyclic) bond motifs is 1. The quantitative estimate of drug-likeness (QED) is 0.588. The van der Waals surface area contributed by atoms with E-state index in [0.29, 0.717) is 0 Å². The second-order valence-corrected chi connectivity index (χ2v) is 5.69. The van der Waals surface area contributed by atoms with Crippen LogP contribution in [-0.4, -0.2) is 28.8 Å². The Hall–Kier alpha value is -3.54. The first-order valence-electron chi connectivity index (χ1n) is 8.18. The standard InChI is InChI=1S/C20H18N4O2/c1-25-15-9-7-14(8-10-15)22-20-13-21-19-12-11-17(23-24(19)20)16-5-3-4-6-18(16)26-2/h3-13,22H,1-2H3. The molecular formula is C20H18N4O2. The predicted octanol–water partition coefficient (Wildman–Crippen LogP) is 4.16. The number of hydrogen-bond acceptors (Lipinski definition) is 5. The van der Waals surface area contributed by atoms with Crippen LogP contribution in [0.3, 0.4) is 0 Å². The molecule has 0 atom stereocenters. The van der Waals surface area contributed by atoms with Gasteiger partial charge in [-0.1, -0.05) is 12.1 Å². The van der Waals surface area contributed by atoms with Gasteiger partial charge in [0, 0.05) is 11.3 Å². The average Bonchev–Trinajstić information content (AvgIpc) is 3.10. The molecule has 2 heterocycles. The molecular weight excluding hydrogens is 328 g/mol. The monoisotopic (exact) mass is 346 g/mol. The molecule has 0 fully saturated rings. The molecule has 6 heteroatoms. The summed E-state index contributed by atoms with van der Waals surface area (Å²) in [5, 5.41) is 8.07. The van der Waals surface area contributed by atoms with Crippen molar-refractivity contribution in [2.24, 2.45) is 0 Å². The Balaban J connectivity index is 1.72. The number of nitrogens with one attached hydrogen (secondary N) is 1. The normalized spacial score (nSPS) is 10.7. The number of benzene rings is 2. The first-order valence-corrected chi connectivity index (χ1v) is 8.18. The molecule has 4 rings (SSSR count). The van der Waals surface area contributed by atoms with E-state index in [9.17, 15) is 0 Å². The van der Waals surface area contributed by atoms with Crippen LogP contribution in [0.5, 0.6) is 11.5 Å². The summed E-state index contributed by atoms with van der Waals surface area (Å²) in [6.45, 7) is 0. The van der Waals surface area contributed by atoms with Gasteiger partial charge >= 0.3 is 0 Å². The molecule has 0 saturated heterocycles. The Morgan fingerprint density at radius 3 is 2.46 bits per heavy atom. The summed E-state index contributed by atoms with van der Waals surface area (Å²) in [4.78, 5) is 4.41. The highest BCUT2D eigenvalue weighted by atomic mass is 16.5. The Kier molecular flexibility index (Phi) is 4.15. The maximum absolute atomic E-state index is 5.45. The van der Waals surface area contributed by atoms with Crippen LogP contribution in [0, 0.1) is 0 Å². The summed E-state index contributed by atoms with van der Waals surface area (Å²) in [5.41, 5.74) is 3.43. The number of aromatic nitrogens is 3. The maximum atomic E-state index is 5.45. The number of hydrogen-bond donors (Lipinski definition) is 1. The first kappa shape index (κ1) is 16.0. The first-order chi connectivity index (χ1) is 12.8. The molecule has 6 nitrogen and oxygen atoms in total. The molecule has 0 aliphatic rings. The topological polar surface area (TPSA) is 60.7 Å². The summed E-state index contributed by atoms with van der Waals surface area (Å²) < 4.78 is 12.4. The highest BCUT2D eigenvalue weighted by Gasteiger charge is 2.10. The Morgan fingerprint density at radius 1 is 0.885 bits per heavy atom. The number of imidazole rings is 1. The van der Waals surface area contributed by atoms with E-state index in [0.717, 1.165) is 39.9 Å². The van der Waals surface area contributed by atoms with Gasteiger partial charge in [0.15, 0.2) is 11.5 Å². The molecule has 0 spiro atoms. The lowest BCUT2D eigenvalue weighted by Crippen LogP contribution is -2.00. The van der Waals surface area contributed by atoms with Crippen molar-refractivity contribution < 1.29 is 9.47 Å². The third-order valence-corrected chi connectivity index (χ3v) is 4.11. The average molecular weight is 346 g/mol. The summed E-state index contributed by atoms with van der Waals surface area (Å²) in [6.07, 6.45) is 1.76. The van der Waals surface area contributed by atoms with E-state index in [4.69, 9.17) is 14.6 Å². The zero-order chi connectivity index (χ0) is 17.9. The maximum Gasteiger partial charge on any atom is 0.155 e. The van der Waals surface area contributed by atoms with Crippen LogP contribution in [0.1, 0.15) is 0 Å². The number of ether oxygens (including phenoxy) is 2. The van der Waals surface area contributed by atoms with Gasteiger partial charge in [0.05, 0.1) is 26.1 Å². The molecule has 0 unspecified atom stereocenters. The number of rotatable bonds is 5. The van der Waals surface area contributed by atoms with Crippen LogP contribution in [0.4, 0.5) is 11.5 Å². The summed E-state index contributed by atoms with van der Waals surface area (Å²) in [5.74, 6) is 2.37. The Bertz CT molecular complexity index is 1040. The van der Waals surface area contributed by atoms with E-state index in [1.54, 1.807) is 24.9 Å². The van der Waals surface area contributed by atoms with Gasteiger partial charge in [0.1, 0.15) is 11.5 Å². The predicted molar refractivity (Wildman–Crippen MR) is 101 cm³/mol. The van der Waals surface area contributed by atoms with Crippen LogP contribution in [0.25, 0.3) is 16.9 Å². The van der Waals surface area contributed by atoms with Crippen molar-refractivity contribution in [2.75, 3.05) is 19.5 Å². The molecule has 2 aromatic carbocycles. The fourth-order valence-electron chi connectivity index (χ4n) is 2.78. The van der Waals surface area contributed by atoms with E-state index in [1.807, 2.05) is 60.7 Å². The van der Waals surface area contributed by atoms with Gasteiger partial charge in [0.2, 0.25) is 0 Å². The second-order valence-electron chi connectivity index (χ2n) is 5.69. The molecule has 0 aliphatic heterocycles. The van der Waals surface area contributed by atoms with Gasteiger partial charge in [-0.2, -0.15) is 9.61 Å². The summed E-state index contributed by atoms with van der Waals surface area (Å²) in [6, 6.07) is 19.4. The molecule has 2 aromatic heterocycles. The summed E-state index contributed by atoms with van der Waals surface area (Å²) >= 11 is 0. The minimum absolute atomic E-state index is 0.764. The van der Waals surface area contributed by atoms with Crippen molar-refractivity contribution >= 4 is 17.2 Å². The van der Waals surface area contributed by atoms with Crippen LogP contribution in [0.15, 0.2) is 66.9 Å². The minimum Gasteiger partial charge on any atom is -0.497 e. The molecule has 0 bridgehead atoms. The minimum atomic E-state index is 0.764. The molecule has 26 heavy (non-hydrogen) atoms. The van der Waals surface area contributed by atoms with Crippen LogP contribution < -0.4 is 14.8 Å². The van der Waals surface area contributed by atoms with Crippen LogP contribution in [0.2, 0.25) is 0 Å². The van der Waals surface area contributed by atoms with Crippen molar-refractivity contribution in [3.63, 3.8) is 0 Å². The third kappa shape index (κ3) is 2.93. The summed E-state index contributed by atoms with van der Waals surface area (Å²) in [7, 11) is 3.31. The molecule has 4 aromatic rings. The van der Waals surface area contributed by atoms with Crippen molar-refractivity contribution in [2.45, 2.75) is 0 Å². The lowest BCUT2D eigenvalue weighted by molar-refractivity contribution is 0.415. The van der Waals surface area contributed by atoms with Gasteiger partial charge < -0.3 is 14.8 Å². The van der Waals surface area contributed by atoms with E-state index in [1.165, 1.54) is 0 Å². The fourth-order valence-corrected chi connectivity index (χ4v) is 2.78. The van der Waals surface area contributed by atoms with Crippen molar-refractivity contribution in [3.05, 3.63) is 66.9 Å². The Labute approximate surface area is 151 Å². The number of methoxy groups -OCH3 is 2. The fraction of sp³-hybridized carbons (Fsp3) is 0.100. The third-order valence-electron chi connectivity index (χ3n) is 4.11. The van der Waals surface area contributed by atoms with Crippen molar-refractivity contribution in [1.29, 1.82) is 0 Å².